The quantitative estimate of drug-likeness (QED) is 0.860. The highest BCUT2D eigenvalue weighted by Crippen LogP contribution is 2.52. The molecular weight excluding hydrogens is 262 g/mol. The van der Waals surface area contributed by atoms with E-state index >= 15 is 0 Å². The molecule has 1 heterocycles. The third-order valence-corrected chi connectivity index (χ3v) is 5.78. The van der Waals surface area contributed by atoms with E-state index in [9.17, 15) is 4.79 Å². The number of nitrogens with zero attached hydrogens (tertiary/aromatic N) is 2. The third kappa shape index (κ3) is 1.50. The number of nitrogens with two attached hydrogens (primary N) is 1. The highest BCUT2D eigenvalue weighted by atomic mass is 16.2. The number of fused-ring (bicyclic) bond motifs is 1. The summed E-state index contributed by atoms with van der Waals surface area (Å²) >= 11 is 0. The zero-order valence-corrected chi connectivity index (χ0v) is 12.4. The van der Waals surface area contributed by atoms with Crippen LogP contribution in [-0.2, 0) is 12.8 Å². The second-order valence-electron chi connectivity index (χ2n) is 6.50. The molecule has 1 fully saturated rings. The number of aliphatic imine (C=N–C) groups is 1. The molecule has 0 radical (unpaired) electrons. The Balaban J connectivity index is 1.85. The maximum atomic E-state index is 12.3. The van der Waals surface area contributed by atoms with Gasteiger partial charge in [-0.05, 0) is 55.6 Å². The number of carbonyl (C=O) groups excluding carboxylic acids is 1. The number of amidine groups is 1. The van der Waals surface area contributed by atoms with E-state index in [1.54, 1.807) is 0 Å². The predicted molar refractivity (Wildman–Crippen MR) is 82.2 cm³/mol. The first-order valence-corrected chi connectivity index (χ1v) is 7.91. The summed E-state index contributed by atoms with van der Waals surface area (Å²) in [6.07, 6.45) is 4.29. The Hall–Kier alpha value is -1.84. The standard InChI is InChI=1S/C17H21N3O/c1-2-20-16(21)19-15(18)17(20)13-7-8-14(17)10-12-6-4-3-5-11(12)9-13/h3-6,13-14H,2,7-10H2,1H3,(H2,18,19,21). The molecule has 2 N–H and O–H groups in total. The number of hydrogen-bond donors (Lipinski definition) is 1. The molecule has 0 saturated heterocycles. The van der Waals surface area contributed by atoms with Gasteiger partial charge >= 0.3 is 6.03 Å². The van der Waals surface area contributed by atoms with Crippen molar-refractivity contribution >= 4 is 11.9 Å². The van der Waals surface area contributed by atoms with Crippen molar-refractivity contribution < 1.29 is 4.79 Å². The van der Waals surface area contributed by atoms with Crippen molar-refractivity contribution in [2.45, 2.75) is 38.1 Å². The second-order valence-corrected chi connectivity index (χ2v) is 6.50. The molecule has 21 heavy (non-hydrogen) atoms. The van der Waals surface area contributed by atoms with E-state index in [0.717, 1.165) is 25.7 Å². The molecule has 110 valence electrons. The van der Waals surface area contributed by atoms with E-state index in [2.05, 4.69) is 29.3 Å². The highest BCUT2D eigenvalue weighted by molar-refractivity contribution is 6.06. The van der Waals surface area contributed by atoms with Crippen molar-refractivity contribution in [1.29, 1.82) is 0 Å². The van der Waals surface area contributed by atoms with Gasteiger partial charge in [0.1, 0.15) is 11.4 Å². The van der Waals surface area contributed by atoms with Crippen LogP contribution in [0.1, 0.15) is 30.9 Å². The summed E-state index contributed by atoms with van der Waals surface area (Å²) in [6, 6.07) is 8.53. The van der Waals surface area contributed by atoms with Crippen LogP contribution in [0.5, 0.6) is 0 Å². The monoisotopic (exact) mass is 283 g/mol. The number of rotatable bonds is 1. The van der Waals surface area contributed by atoms with E-state index in [-0.39, 0.29) is 11.6 Å². The van der Waals surface area contributed by atoms with Gasteiger partial charge in [-0.1, -0.05) is 24.3 Å². The average molecular weight is 283 g/mol. The van der Waals surface area contributed by atoms with E-state index in [1.165, 1.54) is 11.1 Å². The lowest BCUT2D eigenvalue weighted by Crippen LogP contribution is -2.60. The summed E-state index contributed by atoms with van der Waals surface area (Å²) in [5, 5.41) is 0. The lowest BCUT2D eigenvalue weighted by atomic mass is 9.77. The number of likely N-dealkylation sites (N-methyl/N-ethyl adjacent to an activating group) is 1. The molecule has 2 amide bonds. The van der Waals surface area contributed by atoms with Gasteiger partial charge in [-0.3, -0.25) is 0 Å². The molecule has 2 unspecified atom stereocenters. The van der Waals surface area contributed by atoms with Gasteiger partial charge in [0, 0.05) is 6.54 Å². The molecule has 1 aromatic rings. The van der Waals surface area contributed by atoms with Crippen LogP contribution in [0.25, 0.3) is 0 Å². The molecule has 2 atom stereocenters. The van der Waals surface area contributed by atoms with Crippen LogP contribution in [0.2, 0.25) is 0 Å². The lowest BCUT2D eigenvalue weighted by molar-refractivity contribution is 0.122. The van der Waals surface area contributed by atoms with Crippen LogP contribution in [0.15, 0.2) is 29.3 Å². The van der Waals surface area contributed by atoms with Gasteiger partial charge in [0.2, 0.25) is 0 Å². The zero-order valence-electron chi connectivity index (χ0n) is 12.4. The Morgan fingerprint density at radius 3 is 2.33 bits per heavy atom. The van der Waals surface area contributed by atoms with Gasteiger partial charge < -0.3 is 10.6 Å². The van der Waals surface area contributed by atoms with Crippen LogP contribution < -0.4 is 5.73 Å². The molecule has 1 aromatic carbocycles. The third-order valence-electron chi connectivity index (χ3n) is 5.78. The first kappa shape index (κ1) is 12.9. The van der Waals surface area contributed by atoms with Crippen LogP contribution in [-0.4, -0.2) is 28.9 Å². The minimum absolute atomic E-state index is 0.141. The Morgan fingerprint density at radius 2 is 1.81 bits per heavy atom. The maximum Gasteiger partial charge on any atom is 0.346 e. The smallest absolute Gasteiger partial charge is 0.346 e. The summed E-state index contributed by atoms with van der Waals surface area (Å²) in [5.41, 5.74) is 8.83. The van der Waals surface area contributed by atoms with Gasteiger partial charge in [-0.2, -0.15) is 4.99 Å². The van der Waals surface area contributed by atoms with Gasteiger partial charge in [0.05, 0.1) is 0 Å². The maximum absolute atomic E-state index is 12.3. The number of urea groups is 1. The Bertz CT molecular complexity index is 604. The van der Waals surface area contributed by atoms with Crippen molar-refractivity contribution in [3.8, 4) is 0 Å². The van der Waals surface area contributed by atoms with Gasteiger partial charge in [-0.15, -0.1) is 0 Å². The van der Waals surface area contributed by atoms with Gasteiger partial charge in [0.25, 0.3) is 0 Å². The Labute approximate surface area is 125 Å². The van der Waals surface area contributed by atoms with E-state index in [0.29, 0.717) is 24.2 Å². The SMILES string of the molecule is CCN1C(=O)N=C(N)C12C1CCC2Cc2ccccc2C1. The normalized spacial score (nSPS) is 34.0. The fraction of sp³-hybridized carbons (Fsp3) is 0.529. The largest absolute Gasteiger partial charge is 0.385 e. The van der Waals surface area contributed by atoms with Crippen LogP contribution in [0, 0.1) is 11.8 Å². The lowest BCUT2D eigenvalue weighted by Gasteiger charge is -2.42. The topological polar surface area (TPSA) is 58.7 Å². The van der Waals surface area contributed by atoms with E-state index < -0.39 is 0 Å². The average Bonchev–Trinajstić information content (AvgIpc) is 2.86. The first-order chi connectivity index (χ1) is 10.2. The molecule has 0 aromatic heterocycles. The molecule has 4 nitrogen and oxygen atoms in total. The van der Waals surface area contributed by atoms with Crippen LogP contribution in [0.4, 0.5) is 4.79 Å². The van der Waals surface area contributed by atoms with Crippen molar-refractivity contribution in [3.05, 3.63) is 35.4 Å². The van der Waals surface area contributed by atoms with E-state index in [1.807, 2.05) is 11.8 Å². The van der Waals surface area contributed by atoms with E-state index in [4.69, 9.17) is 5.73 Å². The fourth-order valence-electron chi connectivity index (χ4n) is 4.98. The molecule has 1 spiro atoms. The van der Waals surface area contributed by atoms with Gasteiger partial charge in [0.15, 0.2) is 0 Å². The first-order valence-electron chi connectivity index (χ1n) is 7.91. The van der Waals surface area contributed by atoms with Crippen molar-refractivity contribution in [2.75, 3.05) is 6.54 Å². The molecule has 3 aliphatic rings. The molecule has 1 aliphatic heterocycles. The predicted octanol–water partition coefficient (Wildman–Crippen LogP) is 2.36. The molecule has 1 saturated carbocycles. The Kier molecular flexibility index (Phi) is 2.65. The summed E-state index contributed by atoms with van der Waals surface area (Å²) in [5.74, 6) is 1.37. The number of amides is 2. The summed E-state index contributed by atoms with van der Waals surface area (Å²) in [7, 11) is 0. The van der Waals surface area contributed by atoms with Crippen molar-refractivity contribution in [3.63, 3.8) is 0 Å². The molecule has 4 heteroatoms. The van der Waals surface area contributed by atoms with Crippen molar-refractivity contribution in [1.82, 2.24) is 4.90 Å². The molecule has 2 bridgehead atoms. The molecule has 4 rings (SSSR count). The molecule has 2 aliphatic carbocycles. The Morgan fingerprint density at radius 1 is 1.24 bits per heavy atom. The van der Waals surface area contributed by atoms with Crippen LogP contribution in [0.3, 0.4) is 0 Å². The van der Waals surface area contributed by atoms with Gasteiger partial charge in [-0.25, -0.2) is 4.79 Å². The second kappa shape index (κ2) is 4.33. The highest BCUT2D eigenvalue weighted by Gasteiger charge is 2.61. The number of hydrogen-bond acceptors (Lipinski definition) is 2. The summed E-state index contributed by atoms with van der Waals surface area (Å²) < 4.78 is 0. The zero-order chi connectivity index (χ0) is 14.6. The fourth-order valence-corrected chi connectivity index (χ4v) is 4.98. The van der Waals surface area contributed by atoms with Crippen molar-refractivity contribution in [2.24, 2.45) is 22.6 Å². The minimum atomic E-state index is -0.329. The minimum Gasteiger partial charge on any atom is -0.385 e. The number of carbonyl (C=O) groups is 1. The summed E-state index contributed by atoms with van der Waals surface area (Å²) in [4.78, 5) is 18.3. The molecular formula is C17H21N3O. The summed E-state index contributed by atoms with van der Waals surface area (Å²) in [6.45, 7) is 2.72. The number of benzene rings is 1. The van der Waals surface area contributed by atoms with Crippen LogP contribution >= 0.6 is 0 Å².